The molecule has 2 heterocycles. The van der Waals surface area contributed by atoms with Crippen LogP contribution in [0.25, 0.3) is 21.7 Å². The first-order valence-electron chi connectivity index (χ1n) is 10.3. The average molecular weight is 456 g/mol. The van der Waals surface area contributed by atoms with E-state index in [1.165, 1.54) is 27.2 Å². The minimum absolute atomic E-state index is 0.137. The third kappa shape index (κ3) is 3.52. The summed E-state index contributed by atoms with van der Waals surface area (Å²) < 4.78 is 41.8. The molecule has 1 fully saturated rings. The number of aromatic nitrogens is 2. The van der Waals surface area contributed by atoms with Crippen LogP contribution in [0.3, 0.4) is 0 Å². The maximum absolute atomic E-state index is 13.3. The molecule has 0 saturated heterocycles. The van der Waals surface area contributed by atoms with Crippen LogP contribution in [0.2, 0.25) is 0 Å². The van der Waals surface area contributed by atoms with Gasteiger partial charge in [-0.15, -0.1) is 0 Å². The lowest BCUT2D eigenvalue weighted by molar-refractivity contribution is 0.425. The summed E-state index contributed by atoms with van der Waals surface area (Å²) in [5.74, 6) is -0.517. The predicted molar refractivity (Wildman–Crippen MR) is 121 cm³/mol. The Morgan fingerprint density at radius 3 is 2.53 bits per heavy atom. The number of hydrogen-bond donors (Lipinski definition) is 2. The first-order valence-corrected chi connectivity index (χ1v) is 12.1. The highest BCUT2D eigenvalue weighted by Gasteiger charge is 2.33. The molecule has 0 radical (unpaired) electrons. The molecule has 32 heavy (non-hydrogen) atoms. The van der Waals surface area contributed by atoms with Gasteiger partial charge in [-0.25, -0.2) is 12.8 Å². The zero-order valence-corrected chi connectivity index (χ0v) is 18.2. The molecular weight excluding hydrogens is 433 g/mol. The number of halogens is 1. The number of pyridine rings is 1. The summed E-state index contributed by atoms with van der Waals surface area (Å²) >= 11 is 0. The summed E-state index contributed by atoms with van der Waals surface area (Å²) in [6.45, 7) is 0.539. The molecule has 2 N–H and O–H groups in total. The third-order valence-corrected chi connectivity index (χ3v) is 7.00. The van der Waals surface area contributed by atoms with Gasteiger partial charge in [0.1, 0.15) is 11.3 Å². The first kappa shape index (κ1) is 20.6. The Morgan fingerprint density at radius 1 is 1.16 bits per heavy atom. The lowest BCUT2D eigenvalue weighted by atomic mass is 10.1. The van der Waals surface area contributed by atoms with Crippen molar-refractivity contribution in [2.45, 2.75) is 19.4 Å². The molecule has 0 amide bonds. The zero-order chi connectivity index (χ0) is 22.6. The molecule has 166 valence electrons. The molecule has 1 aliphatic rings. The van der Waals surface area contributed by atoms with Gasteiger partial charge in [0.05, 0.1) is 23.9 Å². The van der Waals surface area contributed by atoms with Gasteiger partial charge in [-0.1, -0.05) is 12.1 Å². The molecule has 7 nitrogen and oxygen atoms in total. The van der Waals surface area contributed by atoms with Crippen LogP contribution in [-0.4, -0.2) is 41.0 Å². The molecule has 0 atom stereocenters. The van der Waals surface area contributed by atoms with E-state index in [1.807, 2.05) is 0 Å². The lowest BCUT2D eigenvalue weighted by Crippen LogP contribution is -2.32. The number of anilines is 1. The number of benzene rings is 2. The molecule has 9 heteroatoms. The smallest absolute Gasteiger partial charge is 0.232 e. The van der Waals surface area contributed by atoms with Gasteiger partial charge >= 0.3 is 0 Å². The summed E-state index contributed by atoms with van der Waals surface area (Å²) in [4.78, 5) is 4.26. The number of hydrogen-bond acceptors (Lipinski definition) is 5. The number of fused-ring (bicyclic) bond motifs is 2. The number of phenolic OH excluding ortho intramolecular Hbond substituents is 1. The van der Waals surface area contributed by atoms with Gasteiger partial charge in [-0.3, -0.25) is 9.29 Å². The van der Waals surface area contributed by atoms with E-state index in [0.717, 1.165) is 24.7 Å². The van der Waals surface area contributed by atoms with E-state index in [4.69, 9.17) is 0 Å². The van der Waals surface area contributed by atoms with Crippen molar-refractivity contribution < 1.29 is 23.0 Å². The van der Waals surface area contributed by atoms with Crippen LogP contribution < -0.4 is 4.31 Å². The fourth-order valence-electron chi connectivity index (χ4n) is 4.11. The van der Waals surface area contributed by atoms with Crippen molar-refractivity contribution in [3.63, 3.8) is 0 Å². The lowest BCUT2D eigenvalue weighted by Gasteiger charge is -2.25. The van der Waals surface area contributed by atoms with Crippen molar-refractivity contribution in [3.05, 3.63) is 60.2 Å². The Labute approximate surface area is 184 Å². The summed E-state index contributed by atoms with van der Waals surface area (Å²) in [6.07, 6.45) is 6.21. The molecule has 2 aromatic heterocycles. The average Bonchev–Trinajstić information content (AvgIpc) is 3.52. The van der Waals surface area contributed by atoms with E-state index in [2.05, 4.69) is 4.98 Å². The van der Waals surface area contributed by atoms with Crippen LogP contribution in [0.5, 0.6) is 11.6 Å². The van der Waals surface area contributed by atoms with Crippen molar-refractivity contribution in [1.29, 1.82) is 0 Å². The van der Waals surface area contributed by atoms with Crippen LogP contribution in [-0.2, 0) is 16.6 Å². The molecule has 0 unspecified atom stereocenters. The molecular formula is C23H22FN3O4S. The van der Waals surface area contributed by atoms with Crippen molar-refractivity contribution in [1.82, 2.24) is 9.55 Å². The van der Waals surface area contributed by atoms with Gasteiger partial charge in [0, 0.05) is 29.7 Å². The first-order chi connectivity index (χ1) is 15.2. The van der Waals surface area contributed by atoms with E-state index in [0.29, 0.717) is 23.0 Å². The Hall–Kier alpha value is -3.33. The molecule has 0 spiro atoms. The topological polar surface area (TPSA) is 95.7 Å². The van der Waals surface area contributed by atoms with Crippen LogP contribution in [0.4, 0.5) is 10.1 Å². The molecule has 1 aliphatic carbocycles. The van der Waals surface area contributed by atoms with E-state index >= 15 is 0 Å². The van der Waals surface area contributed by atoms with Gasteiger partial charge < -0.3 is 14.8 Å². The second-order valence-corrected chi connectivity index (χ2v) is 10.2. The van der Waals surface area contributed by atoms with E-state index < -0.39 is 10.0 Å². The minimum atomic E-state index is -3.64. The van der Waals surface area contributed by atoms with Crippen molar-refractivity contribution in [3.8, 4) is 11.6 Å². The second-order valence-electron chi connectivity index (χ2n) is 8.33. The summed E-state index contributed by atoms with van der Waals surface area (Å²) in [5.41, 5.74) is 1.35. The van der Waals surface area contributed by atoms with E-state index in [9.17, 15) is 23.0 Å². The van der Waals surface area contributed by atoms with Gasteiger partial charge in [-0.05, 0) is 48.6 Å². The van der Waals surface area contributed by atoms with Crippen LogP contribution in [0.15, 0.2) is 48.8 Å². The Bertz CT molecular complexity index is 1440. The molecule has 5 rings (SSSR count). The number of nitrogens with zero attached hydrogens (tertiary/aromatic N) is 3. The SMILES string of the molecule is CS(=O)(=O)N(CC1CC1)c1c2cccnc2c(O)c2c(O)n(Cc3ccc(F)cc3)cc12. The van der Waals surface area contributed by atoms with E-state index in [-0.39, 0.29) is 40.8 Å². The summed E-state index contributed by atoms with van der Waals surface area (Å²) in [5, 5.41) is 23.0. The zero-order valence-electron chi connectivity index (χ0n) is 17.4. The summed E-state index contributed by atoms with van der Waals surface area (Å²) in [6, 6.07) is 9.28. The van der Waals surface area contributed by atoms with Crippen LogP contribution in [0.1, 0.15) is 18.4 Å². The van der Waals surface area contributed by atoms with Gasteiger partial charge in [0.2, 0.25) is 15.9 Å². The van der Waals surface area contributed by atoms with Crippen molar-refractivity contribution >= 4 is 37.4 Å². The third-order valence-electron chi connectivity index (χ3n) is 5.87. The highest BCUT2D eigenvalue weighted by Crippen LogP contribution is 2.47. The fraction of sp³-hybridized carbons (Fsp3) is 0.261. The number of phenols is 1. The van der Waals surface area contributed by atoms with Crippen LogP contribution >= 0.6 is 0 Å². The van der Waals surface area contributed by atoms with Crippen molar-refractivity contribution in [2.75, 3.05) is 17.1 Å². The van der Waals surface area contributed by atoms with Gasteiger partial charge in [-0.2, -0.15) is 0 Å². The minimum Gasteiger partial charge on any atom is -0.505 e. The normalized spacial score (nSPS) is 14.3. The maximum Gasteiger partial charge on any atom is 0.232 e. The number of rotatable bonds is 6. The molecule has 2 aromatic carbocycles. The summed E-state index contributed by atoms with van der Waals surface area (Å²) in [7, 11) is -3.64. The molecule has 1 saturated carbocycles. The predicted octanol–water partition coefficient (Wildman–Crippen LogP) is 3.96. The molecule has 0 aliphatic heterocycles. The van der Waals surface area contributed by atoms with Crippen molar-refractivity contribution in [2.24, 2.45) is 5.92 Å². The quantitative estimate of drug-likeness (QED) is 0.459. The second kappa shape index (κ2) is 7.37. The van der Waals surface area contributed by atoms with Gasteiger partial charge in [0.25, 0.3) is 0 Å². The highest BCUT2D eigenvalue weighted by atomic mass is 32.2. The Kier molecular flexibility index (Phi) is 4.74. The fourth-order valence-corrected chi connectivity index (χ4v) is 5.12. The maximum atomic E-state index is 13.3. The number of aromatic hydroxyl groups is 2. The molecule has 4 aromatic rings. The monoisotopic (exact) mass is 455 g/mol. The largest absolute Gasteiger partial charge is 0.505 e. The van der Waals surface area contributed by atoms with Crippen LogP contribution in [0, 0.1) is 11.7 Å². The standard InChI is InChI=1S/C23H22FN3O4S/c1-32(30,31)27(12-15-4-5-15)21-17-3-2-10-25-20(17)22(28)19-18(21)13-26(23(19)29)11-14-6-8-16(24)9-7-14/h2-3,6-10,13,15,28-29H,4-5,11-12H2,1H3. The molecule has 0 bridgehead atoms. The Balaban J connectivity index is 1.78. The van der Waals surface area contributed by atoms with E-state index in [1.54, 1.807) is 30.5 Å². The highest BCUT2D eigenvalue weighted by molar-refractivity contribution is 7.92. The Morgan fingerprint density at radius 2 is 1.88 bits per heavy atom. The number of sulfonamides is 1. The van der Waals surface area contributed by atoms with Gasteiger partial charge in [0.15, 0.2) is 5.75 Å².